The van der Waals surface area contributed by atoms with E-state index in [-0.39, 0.29) is 28.5 Å². The first-order chi connectivity index (χ1) is 16.0. The molecule has 0 aliphatic heterocycles. The van der Waals surface area contributed by atoms with E-state index in [4.69, 9.17) is 9.47 Å². The molecule has 3 aromatic rings. The normalized spacial score (nSPS) is 10.4. The minimum atomic E-state index is -0.646. The van der Waals surface area contributed by atoms with Crippen LogP contribution in [0, 0.1) is 0 Å². The molecule has 1 N–H and O–H groups in total. The van der Waals surface area contributed by atoms with Gasteiger partial charge in [-0.2, -0.15) is 0 Å². The Hall–Kier alpha value is -3.99. The van der Waals surface area contributed by atoms with E-state index in [0.29, 0.717) is 17.5 Å². The zero-order valence-corrected chi connectivity index (χ0v) is 18.8. The van der Waals surface area contributed by atoms with Gasteiger partial charge in [0.1, 0.15) is 0 Å². The van der Waals surface area contributed by atoms with Crippen LogP contribution in [0.4, 0.5) is 5.69 Å². The van der Waals surface area contributed by atoms with Crippen molar-refractivity contribution in [3.8, 4) is 11.4 Å². The number of nitrogens with one attached hydrogen (secondary N) is 1. The number of esters is 2. The maximum absolute atomic E-state index is 12.6. The Morgan fingerprint density at radius 3 is 2.27 bits per heavy atom. The highest BCUT2D eigenvalue weighted by Crippen LogP contribution is 2.24. The first kappa shape index (κ1) is 23.7. The van der Waals surface area contributed by atoms with E-state index < -0.39 is 11.9 Å². The Labute approximate surface area is 194 Å². The molecule has 0 unspecified atom stereocenters. The molecule has 0 saturated heterocycles. The van der Waals surface area contributed by atoms with Crippen LogP contribution in [0.2, 0.25) is 0 Å². The predicted octanol–water partition coefficient (Wildman–Crippen LogP) is 2.83. The number of allylic oxidation sites excluding steroid dienone is 1. The van der Waals surface area contributed by atoms with Gasteiger partial charge in [0.25, 0.3) is 0 Å². The van der Waals surface area contributed by atoms with Crippen LogP contribution in [0.25, 0.3) is 11.4 Å². The minimum Gasteiger partial charge on any atom is -0.465 e. The van der Waals surface area contributed by atoms with Gasteiger partial charge in [0, 0.05) is 30.2 Å². The van der Waals surface area contributed by atoms with Gasteiger partial charge in [-0.05, 0) is 30.3 Å². The highest BCUT2D eigenvalue weighted by molar-refractivity contribution is 7.99. The average molecular weight is 468 g/mol. The smallest absolute Gasteiger partial charge is 0.337 e. The summed E-state index contributed by atoms with van der Waals surface area (Å²) >= 11 is 1.19. The average Bonchev–Trinajstić information content (AvgIpc) is 3.24. The van der Waals surface area contributed by atoms with Crippen molar-refractivity contribution in [2.45, 2.75) is 11.7 Å². The molecule has 0 atom stereocenters. The van der Waals surface area contributed by atoms with E-state index >= 15 is 0 Å². The van der Waals surface area contributed by atoms with Gasteiger partial charge in [-0.15, -0.1) is 16.8 Å². The predicted molar refractivity (Wildman–Crippen MR) is 122 cm³/mol. The standard InChI is InChI=1S/C22H21N5O5S/c1-4-9-27-19(14-5-7-23-8-6-14)25-26-22(27)33-13-18(28)24-17-11-15(20(29)31-2)10-16(12-17)21(30)32-3/h4-8,10-12H,1,9,13H2,2-3H3,(H,24,28). The summed E-state index contributed by atoms with van der Waals surface area (Å²) in [5, 5.41) is 11.6. The Morgan fingerprint density at radius 1 is 1.06 bits per heavy atom. The molecule has 11 heteroatoms. The molecule has 10 nitrogen and oxygen atoms in total. The number of hydrogen-bond acceptors (Lipinski definition) is 9. The Kier molecular flexibility index (Phi) is 7.92. The number of nitrogens with zero attached hydrogens (tertiary/aromatic N) is 4. The number of carbonyl (C=O) groups is 3. The fraction of sp³-hybridized carbons (Fsp3) is 0.182. The first-order valence-corrected chi connectivity index (χ1v) is 10.6. The number of carbonyl (C=O) groups excluding carboxylic acids is 3. The van der Waals surface area contributed by atoms with Crippen LogP contribution in [-0.2, 0) is 20.8 Å². The SMILES string of the molecule is C=CCn1c(SCC(=O)Nc2cc(C(=O)OC)cc(C(=O)OC)c2)nnc1-c1ccncc1. The van der Waals surface area contributed by atoms with Gasteiger partial charge in [0.15, 0.2) is 11.0 Å². The summed E-state index contributed by atoms with van der Waals surface area (Å²) in [5.41, 5.74) is 1.31. The third kappa shape index (κ3) is 5.83. The molecular formula is C22H21N5O5S. The lowest BCUT2D eigenvalue weighted by atomic mass is 10.1. The van der Waals surface area contributed by atoms with E-state index in [1.807, 2.05) is 16.7 Å². The van der Waals surface area contributed by atoms with Gasteiger partial charge in [-0.3, -0.25) is 14.3 Å². The van der Waals surface area contributed by atoms with E-state index in [1.54, 1.807) is 18.5 Å². The molecular weight excluding hydrogens is 446 g/mol. The first-order valence-electron chi connectivity index (χ1n) is 9.65. The number of thioether (sulfide) groups is 1. The second-order valence-electron chi connectivity index (χ2n) is 6.56. The van der Waals surface area contributed by atoms with E-state index in [0.717, 1.165) is 5.56 Å². The molecule has 0 aliphatic carbocycles. The third-order valence-electron chi connectivity index (χ3n) is 4.36. The largest absolute Gasteiger partial charge is 0.465 e. The molecule has 3 rings (SSSR count). The quantitative estimate of drug-likeness (QED) is 0.287. The summed E-state index contributed by atoms with van der Waals surface area (Å²) in [5.74, 6) is -1.01. The molecule has 0 saturated carbocycles. The number of amides is 1. The van der Waals surface area contributed by atoms with Crippen molar-refractivity contribution in [3.63, 3.8) is 0 Å². The Bertz CT molecular complexity index is 1140. The van der Waals surface area contributed by atoms with E-state index in [2.05, 4.69) is 27.1 Å². The van der Waals surface area contributed by atoms with Crippen molar-refractivity contribution < 1.29 is 23.9 Å². The van der Waals surface area contributed by atoms with E-state index in [9.17, 15) is 14.4 Å². The molecule has 2 heterocycles. The number of pyridine rings is 1. The lowest BCUT2D eigenvalue weighted by Crippen LogP contribution is -2.16. The molecule has 170 valence electrons. The van der Waals surface area contributed by atoms with Gasteiger partial charge in [0.2, 0.25) is 5.91 Å². The summed E-state index contributed by atoms with van der Waals surface area (Å²) < 4.78 is 11.3. The molecule has 1 aromatic carbocycles. The topological polar surface area (TPSA) is 125 Å². The van der Waals surface area contributed by atoms with Crippen LogP contribution in [-0.4, -0.2) is 57.6 Å². The lowest BCUT2D eigenvalue weighted by molar-refractivity contribution is -0.113. The van der Waals surface area contributed by atoms with E-state index in [1.165, 1.54) is 44.2 Å². The minimum absolute atomic E-state index is 0.0155. The van der Waals surface area contributed by atoms with Crippen molar-refractivity contribution >= 4 is 35.3 Å². The summed E-state index contributed by atoms with van der Waals surface area (Å²) in [6, 6.07) is 7.81. The number of benzene rings is 1. The Balaban J connectivity index is 1.76. The van der Waals surface area contributed by atoms with Crippen LogP contribution in [0.15, 0.2) is 60.5 Å². The lowest BCUT2D eigenvalue weighted by Gasteiger charge is -2.10. The second kappa shape index (κ2) is 11.0. The molecule has 0 radical (unpaired) electrons. The summed E-state index contributed by atoms with van der Waals surface area (Å²) in [4.78, 5) is 40.4. The van der Waals surface area contributed by atoms with Crippen molar-refractivity contribution in [2.24, 2.45) is 0 Å². The summed E-state index contributed by atoms with van der Waals surface area (Å²) in [6.07, 6.45) is 5.03. The summed E-state index contributed by atoms with van der Waals surface area (Å²) in [7, 11) is 2.45. The number of aromatic nitrogens is 4. The fourth-order valence-electron chi connectivity index (χ4n) is 2.90. The molecule has 0 aliphatic rings. The fourth-order valence-corrected chi connectivity index (χ4v) is 3.65. The molecule has 1 amide bonds. The number of rotatable bonds is 9. The van der Waals surface area contributed by atoms with Crippen molar-refractivity contribution in [1.82, 2.24) is 19.7 Å². The van der Waals surface area contributed by atoms with Crippen LogP contribution < -0.4 is 5.32 Å². The van der Waals surface area contributed by atoms with Gasteiger partial charge in [-0.25, -0.2) is 9.59 Å². The maximum atomic E-state index is 12.6. The third-order valence-corrected chi connectivity index (χ3v) is 5.33. The van der Waals surface area contributed by atoms with Crippen molar-refractivity contribution in [2.75, 3.05) is 25.3 Å². The van der Waals surface area contributed by atoms with Gasteiger partial charge < -0.3 is 14.8 Å². The van der Waals surface area contributed by atoms with Crippen LogP contribution in [0.1, 0.15) is 20.7 Å². The van der Waals surface area contributed by atoms with Crippen LogP contribution >= 0.6 is 11.8 Å². The zero-order valence-electron chi connectivity index (χ0n) is 18.0. The number of methoxy groups -OCH3 is 2. The molecule has 0 fully saturated rings. The van der Waals surface area contributed by atoms with Gasteiger partial charge >= 0.3 is 11.9 Å². The highest BCUT2D eigenvalue weighted by atomic mass is 32.2. The van der Waals surface area contributed by atoms with Gasteiger partial charge in [0.05, 0.1) is 31.1 Å². The molecule has 33 heavy (non-hydrogen) atoms. The number of anilines is 1. The molecule has 0 spiro atoms. The molecule has 0 bridgehead atoms. The molecule has 2 aromatic heterocycles. The monoisotopic (exact) mass is 467 g/mol. The number of hydrogen-bond donors (Lipinski definition) is 1. The Morgan fingerprint density at radius 2 is 1.70 bits per heavy atom. The highest BCUT2D eigenvalue weighted by Gasteiger charge is 2.17. The van der Waals surface area contributed by atoms with Crippen LogP contribution in [0.3, 0.4) is 0 Å². The second-order valence-corrected chi connectivity index (χ2v) is 7.50. The maximum Gasteiger partial charge on any atom is 0.337 e. The summed E-state index contributed by atoms with van der Waals surface area (Å²) in [6.45, 7) is 4.23. The van der Waals surface area contributed by atoms with Crippen LogP contribution in [0.5, 0.6) is 0 Å². The van der Waals surface area contributed by atoms with Crippen molar-refractivity contribution in [1.29, 1.82) is 0 Å². The van der Waals surface area contributed by atoms with Crippen molar-refractivity contribution in [3.05, 3.63) is 66.5 Å². The zero-order chi connectivity index (χ0) is 23.8. The number of ether oxygens (including phenoxy) is 2. The van der Waals surface area contributed by atoms with Gasteiger partial charge in [-0.1, -0.05) is 17.8 Å².